The first-order valence-corrected chi connectivity index (χ1v) is 9.86. The summed E-state index contributed by atoms with van der Waals surface area (Å²) >= 11 is 0. The second-order valence-corrected chi connectivity index (χ2v) is 8.24. The Kier molecular flexibility index (Phi) is 5.29. The average molecular weight is 374 g/mol. The van der Waals surface area contributed by atoms with E-state index in [0.717, 1.165) is 12.1 Å². The van der Waals surface area contributed by atoms with Crippen molar-refractivity contribution in [3.8, 4) is 0 Å². The Morgan fingerprint density at radius 1 is 1.19 bits per heavy atom. The topological polar surface area (TPSA) is 75.7 Å². The molecule has 138 valence electrons. The number of rotatable bonds is 5. The highest BCUT2D eigenvalue weighted by molar-refractivity contribution is 7.89. The highest BCUT2D eigenvalue weighted by Gasteiger charge is 2.33. The molecule has 1 saturated heterocycles. The molecule has 1 atom stereocenters. The highest BCUT2D eigenvalue weighted by atomic mass is 32.2. The predicted octanol–water partition coefficient (Wildman–Crippen LogP) is 2.66. The van der Waals surface area contributed by atoms with Crippen LogP contribution in [-0.4, -0.2) is 44.9 Å². The van der Waals surface area contributed by atoms with Crippen LogP contribution in [0.5, 0.6) is 0 Å². The molecule has 3 rings (SSSR count). The summed E-state index contributed by atoms with van der Waals surface area (Å²) in [6, 6.07) is 14.3. The van der Waals surface area contributed by atoms with E-state index in [0.29, 0.717) is 24.2 Å². The highest BCUT2D eigenvalue weighted by Crippen LogP contribution is 2.26. The van der Waals surface area contributed by atoms with Crippen LogP contribution >= 0.6 is 0 Å². The molecule has 2 aromatic carbocycles. The Hall–Kier alpha value is -2.38. The lowest BCUT2D eigenvalue weighted by atomic mass is 10.1. The van der Waals surface area contributed by atoms with E-state index >= 15 is 0 Å². The van der Waals surface area contributed by atoms with Gasteiger partial charge in [-0.15, -0.1) is 0 Å². The summed E-state index contributed by atoms with van der Waals surface area (Å²) in [6.07, 6.45) is 0.743. The maximum atomic E-state index is 13.0. The Labute approximate surface area is 153 Å². The van der Waals surface area contributed by atoms with Crippen LogP contribution in [0, 0.1) is 6.92 Å². The van der Waals surface area contributed by atoms with Crippen LogP contribution in [0.2, 0.25) is 0 Å². The molecule has 6 nitrogen and oxygen atoms in total. The van der Waals surface area contributed by atoms with Crippen LogP contribution < -0.4 is 5.32 Å². The molecule has 1 unspecified atom stereocenters. The third kappa shape index (κ3) is 3.73. The van der Waals surface area contributed by atoms with Gasteiger partial charge < -0.3 is 10.1 Å². The molecule has 2 aromatic rings. The zero-order valence-corrected chi connectivity index (χ0v) is 15.6. The molecule has 0 radical (unpaired) electrons. The molecule has 1 fully saturated rings. The number of hydrogen-bond donors (Lipinski definition) is 1. The molecule has 26 heavy (non-hydrogen) atoms. The molecule has 0 aromatic heterocycles. The number of carbonyl (C=O) groups is 1. The van der Waals surface area contributed by atoms with Crippen LogP contribution in [0.1, 0.15) is 22.3 Å². The van der Waals surface area contributed by atoms with Gasteiger partial charge in [-0.2, -0.15) is 4.31 Å². The van der Waals surface area contributed by atoms with Gasteiger partial charge in [-0.3, -0.25) is 0 Å². The first-order chi connectivity index (χ1) is 12.4. The van der Waals surface area contributed by atoms with E-state index in [9.17, 15) is 13.2 Å². The fourth-order valence-electron chi connectivity index (χ4n) is 3.16. The van der Waals surface area contributed by atoms with Gasteiger partial charge in [0, 0.05) is 24.8 Å². The number of para-hydroxylation sites is 1. The summed E-state index contributed by atoms with van der Waals surface area (Å²) < 4.78 is 32.1. The molecule has 0 amide bonds. The zero-order valence-electron chi connectivity index (χ0n) is 14.8. The molecule has 1 aliphatic heterocycles. The number of nitrogens with one attached hydrogen (secondary N) is 1. The van der Waals surface area contributed by atoms with E-state index < -0.39 is 16.0 Å². The number of benzene rings is 2. The lowest BCUT2D eigenvalue weighted by molar-refractivity contribution is 0.0600. The summed E-state index contributed by atoms with van der Waals surface area (Å²) in [5.41, 5.74) is 1.86. The van der Waals surface area contributed by atoms with Gasteiger partial charge in [0.15, 0.2) is 0 Å². The number of carbonyl (C=O) groups excluding carboxylic acids is 1. The third-order valence-corrected chi connectivity index (χ3v) is 6.53. The molecule has 0 saturated carbocycles. The van der Waals surface area contributed by atoms with Crippen molar-refractivity contribution in [2.24, 2.45) is 0 Å². The van der Waals surface area contributed by atoms with Crippen LogP contribution in [0.25, 0.3) is 0 Å². The maximum absolute atomic E-state index is 13.0. The normalized spacial score (nSPS) is 17.8. The van der Waals surface area contributed by atoms with Crippen molar-refractivity contribution in [2.75, 3.05) is 25.5 Å². The van der Waals surface area contributed by atoms with E-state index in [1.165, 1.54) is 23.5 Å². The molecular weight excluding hydrogens is 352 g/mol. The largest absolute Gasteiger partial charge is 0.465 e. The number of hydrogen-bond acceptors (Lipinski definition) is 5. The van der Waals surface area contributed by atoms with Crippen LogP contribution in [0.3, 0.4) is 0 Å². The van der Waals surface area contributed by atoms with Crippen LogP contribution in [0.4, 0.5) is 5.69 Å². The van der Waals surface area contributed by atoms with Crippen molar-refractivity contribution in [3.05, 3.63) is 59.7 Å². The molecule has 1 aliphatic rings. The van der Waals surface area contributed by atoms with E-state index in [-0.39, 0.29) is 10.9 Å². The number of esters is 1. The Bertz CT molecular complexity index is 897. The van der Waals surface area contributed by atoms with Crippen molar-refractivity contribution < 1.29 is 17.9 Å². The van der Waals surface area contributed by atoms with Crippen LogP contribution in [0.15, 0.2) is 53.4 Å². The van der Waals surface area contributed by atoms with Gasteiger partial charge in [0.05, 0.1) is 17.6 Å². The molecule has 0 spiro atoms. The van der Waals surface area contributed by atoms with Crippen molar-refractivity contribution in [2.45, 2.75) is 24.3 Å². The second kappa shape index (κ2) is 7.47. The van der Waals surface area contributed by atoms with Crippen molar-refractivity contribution in [1.82, 2.24) is 4.31 Å². The van der Waals surface area contributed by atoms with Gasteiger partial charge in [-0.25, -0.2) is 13.2 Å². The Morgan fingerprint density at radius 3 is 2.58 bits per heavy atom. The van der Waals surface area contributed by atoms with Gasteiger partial charge in [0.2, 0.25) is 10.0 Å². The number of anilines is 1. The van der Waals surface area contributed by atoms with Gasteiger partial charge in [-0.05, 0) is 49.2 Å². The van der Waals surface area contributed by atoms with Gasteiger partial charge in [0.25, 0.3) is 0 Å². The fraction of sp³-hybridized carbons (Fsp3) is 0.316. The predicted molar refractivity (Wildman–Crippen MR) is 99.7 cm³/mol. The Balaban J connectivity index is 1.75. The van der Waals surface area contributed by atoms with Gasteiger partial charge in [0.1, 0.15) is 0 Å². The minimum atomic E-state index is -3.60. The standard InChI is InChI=1S/C19H22N2O4S/c1-14-12-15(19(22)25-2)8-9-18(14)26(23,24)21-11-10-17(13-21)20-16-6-4-3-5-7-16/h3-9,12,17,20H,10-11,13H2,1-2H3. The number of aryl methyl sites for hydroxylation is 1. The number of sulfonamides is 1. The van der Waals surface area contributed by atoms with Crippen LogP contribution in [-0.2, 0) is 14.8 Å². The zero-order chi connectivity index (χ0) is 18.7. The van der Waals surface area contributed by atoms with Gasteiger partial charge >= 0.3 is 5.97 Å². The monoisotopic (exact) mass is 374 g/mol. The summed E-state index contributed by atoms with van der Waals surface area (Å²) in [7, 11) is -2.30. The fourth-order valence-corrected chi connectivity index (χ4v) is 4.86. The third-order valence-electron chi connectivity index (χ3n) is 4.51. The quantitative estimate of drug-likeness (QED) is 0.815. The lowest BCUT2D eigenvalue weighted by Gasteiger charge is -2.19. The number of ether oxygens (including phenoxy) is 1. The first kappa shape index (κ1) is 18.4. The van der Waals surface area contributed by atoms with Crippen molar-refractivity contribution >= 4 is 21.7 Å². The Morgan fingerprint density at radius 2 is 1.92 bits per heavy atom. The molecule has 0 aliphatic carbocycles. The summed E-state index contributed by atoms with van der Waals surface area (Å²) in [4.78, 5) is 11.8. The maximum Gasteiger partial charge on any atom is 0.337 e. The van der Waals surface area contributed by atoms with Gasteiger partial charge in [-0.1, -0.05) is 18.2 Å². The average Bonchev–Trinajstić information content (AvgIpc) is 3.11. The first-order valence-electron chi connectivity index (χ1n) is 8.42. The van der Waals surface area contributed by atoms with E-state index in [1.54, 1.807) is 13.0 Å². The SMILES string of the molecule is COC(=O)c1ccc(S(=O)(=O)N2CCC(Nc3ccccc3)C2)c(C)c1. The molecular formula is C19H22N2O4S. The number of nitrogens with zero attached hydrogens (tertiary/aromatic N) is 1. The molecule has 1 N–H and O–H groups in total. The number of methoxy groups -OCH3 is 1. The van der Waals surface area contributed by atoms with Crippen molar-refractivity contribution in [3.63, 3.8) is 0 Å². The molecule has 7 heteroatoms. The summed E-state index contributed by atoms with van der Waals surface area (Å²) in [5, 5.41) is 3.37. The van der Waals surface area contributed by atoms with Crippen molar-refractivity contribution in [1.29, 1.82) is 0 Å². The molecule has 1 heterocycles. The summed E-state index contributed by atoms with van der Waals surface area (Å²) in [6.45, 7) is 2.57. The second-order valence-electron chi connectivity index (χ2n) is 6.33. The van der Waals surface area contributed by atoms with E-state index in [1.807, 2.05) is 30.3 Å². The minimum Gasteiger partial charge on any atom is -0.465 e. The minimum absolute atomic E-state index is 0.0711. The lowest BCUT2D eigenvalue weighted by Crippen LogP contribution is -2.32. The van der Waals surface area contributed by atoms with E-state index in [2.05, 4.69) is 10.1 Å². The molecule has 0 bridgehead atoms. The smallest absolute Gasteiger partial charge is 0.337 e. The van der Waals surface area contributed by atoms with E-state index in [4.69, 9.17) is 0 Å². The summed E-state index contributed by atoms with van der Waals surface area (Å²) in [5.74, 6) is -0.481.